The first kappa shape index (κ1) is 15.7. The second-order valence-corrected chi connectivity index (χ2v) is 4.22. The minimum Gasteiger partial charge on any atom is -0.491 e. The van der Waals surface area contributed by atoms with Crippen LogP contribution in [0.1, 0.15) is 5.56 Å². The van der Waals surface area contributed by atoms with E-state index in [4.69, 9.17) is 37.4 Å². The number of halogens is 2. The van der Waals surface area contributed by atoms with E-state index in [0.717, 1.165) is 0 Å². The Bertz CT molecular complexity index is 456. The molecule has 0 heterocycles. The minimum absolute atomic E-state index is 0.0924. The van der Waals surface area contributed by atoms with Crippen LogP contribution in [0.25, 0.3) is 0 Å². The zero-order valence-corrected chi connectivity index (χ0v) is 12.5. The van der Waals surface area contributed by atoms with E-state index in [0.29, 0.717) is 5.56 Å². The topological polar surface area (TPSA) is 54.0 Å². The lowest BCUT2D eigenvalue weighted by atomic mass is 10.1. The third kappa shape index (κ3) is 2.98. The Morgan fingerprint density at radius 2 is 1.32 bits per heavy atom. The first-order valence-electron chi connectivity index (χ1n) is 5.24. The second kappa shape index (κ2) is 6.73. The monoisotopic (exact) mass is 308 g/mol. The maximum atomic E-state index is 11.4. The van der Waals surface area contributed by atoms with Crippen LogP contribution >= 0.6 is 23.2 Å². The summed E-state index contributed by atoms with van der Waals surface area (Å²) in [4.78, 5) is 11.4. The largest absolute Gasteiger partial charge is 0.491 e. The minimum atomic E-state index is -0.474. The highest BCUT2D eigenvalue weighted by Crippen LogP contribution is 2.50. The van der Waals surface area contributed by atoms with Crippen molar-refractivity contribution in [2.24, 2.45) is 0 Å². The van der Waals surface area contributed by atoms with Gasteiger partial charge in [-0.1, -0.05) is 23.2 Å². The van der Waals surface area contributed by atoms with Gasteiger partial charge in [-0.2, -0.15) is 0 Å². The highest BCUT2D eigenvalue weighted by Gasteiger charge is 2.26. The molecule has 0 N–H and O–H groups in total. The zero-order valence-electron chi connectivity index (χ0n) is 11.0. The van der Waals surface area contributed by atoms with Crippen LogP contribution < -0.4 is 14.2 Å². The second-order valence-electron chi connectivity index (χ2n) is 3.46. The summed E-state index contributed by atoms with van der Waals surface area (Å²) in [5.74, 6) is 0.306. The Kier molecular flexibility index (Phi) is 5.57. The van der Waals surface area contributed by atoms with Gasteiger partial charge in [-0.05, 0) is 0 Å². The molecule has 5 nitrogen and oxygen atoms in total. The van der Waals surface area contributed by atoms with Gasteiger partial charge in [0.2, 0.25) is 5.75 Å². The standard InChI is InChI=1S/C12H14Cl2O5/c1-16-7(15)5-6-8(13)10(17-2)12(19-4)11(18-3)9(6)14/h5H2,1-4H3. The Morgan fingerprint density at radius 1 is 0.895 bits per heavy atom. The van der Waals surface area contributed by atoms with Crippen LogP contribution in [-0.2, 0) is 16.0 Å². The van der Waals surface area contributed by atoms with Gasteiger partial charge in [-0.3, -0.25) is 4.79 Å². The van der Waals surface area contributed by atoms with E-state index in [1.54, 1.807) is 0 Å². The van der Waals surface area contributed by atoms with Crippen molar-refractivity contribution >= 4 is 29.2 Å². The van der Waals surface area contributed by atoms with Gasteiger partial charge >= 0.3 is 5.97 Å². The van der Waals surface area contributed by atoms with Crippen molar-refractivity contribution < 1.29 is 23.7 Å². The van der Waals surface area contributed by atoms with Crippen LogP contribution in [0.3, 0.4) is 0 Å². The number of carbonyl (C=O) groups excluding carboxylic acids is 1. The van der Waals surface area contributed by atoms with Gasteiger partial charge in [0, 0.05) is 5.56 Å². The number of hydrogen-bond donors (Lipinski definition) is 0. The van der Waals surface area contributed by atoms with Crippen LogP contribution in [0.15, 0.2) is 0 Å². The zero-order chi connectivity index (χ0) is 14.6. The average Bonchev–Trinajstić information content (AvgIpc) is 2.42. The van der Waals surface area contributed by atoms with Crippen LogP contribution in [0.5, 0.6) is 17.2 Å². The van der Waals surface area contributed by atoms with Gasteiger partial charge < -0.3 is 18.9 Å². The van der Waals surface area contributed by atoms with Crippen LogP contribution in [0.4, 0.5) is 0 Å². The Balaban J connectivity index is 3.51. The quantitative estimate of drug-likeness (QED) is 0.783. The van der Waals surface area contributed by atoms with Crippen LogP contribution in [0, 0.1) is 0 Å². The lowest BCUT2D eigenvalue weighted by Crippen LogP contribution is -2.08. The third-order valence-corrected chi connectivity index (χ3v) is 3.30. The van der Waals surface area contributed by atoms with Gasteiger partial charge in [0.05, 0.1) is 44.9 Å². The first-order chi connectivity index (χ1) is 9.01. The maximum absolute atomic E-state index is 11.4. The molecule has 19 heavy (non-hydrogen) atoms. The summed E-state index contributed by atoms with van der Waals surface area (Å²) >= 11 is 12.4. The summed E-state index contributed by atoms with van der Waals surface area (Å²) in [6.45, 7) is 0. The number of rotatable bonds is 5. The fourth-order valence-electron chi connectivity index (χ4n) is 1.59. The average molecular weight is 309 g/mol. The number of benzene rings is 1. The van der Waals surface area contributed by atoms with Crippen molar-refractivity contribution in [3.63, 3.8) is 0 Å². The molecule has 0 saturated carbocycles. The van der Waals surface area contributed by atoms with Crippen molar-refractivity contribution in [2.75, 3.05) is 28.4 Å². The molecule has 0 aliphatic rings. The van der Waals surface area contributed by atoms with Crippen LogP contribution in [-0.4, -0.2) is 34.4 Å². The van der Waals surface area contributed by atoms with Gasteiger partial charge in [0.1, 0.15) is 0 Å². The number of ether oxygens (including phenoxy) is 4. The van der Waals surface area contributed by atoms with Crippen molar-refractivity contribution in [1.82, 2.24) is 0 Å². The molecule has 0 fully saturated rings. The summed E-state index contributed by atoms with van der Waals surface area (Å²) < 4.78 is 20.1. The van der Waals surface area contributed by atoms with Gasteiger partial charge in [0.15, 0.2) is 11.5 Å². The molecule has 0 unspecified atom stereocenters. The Morgan fingerprint density at radius 3 is 1.63 bits per heavy atom. The highest BCUT2D eigenvalue weighted by molar-refractivity contribution is 6.38. The maximum Gasteiger partial charge on any atom is 0.310 e. The molecule has 0 aliphatic heterocycles. The first-order valence-corrected chi connectivity index (χ1v) is 5.99. The molecule has 0 spiro atoms. The van der Waals surface area contributed by atoms with Crippen LogP contribution in [0.2, 0.25) is 10.0 Å². The number of esters is 1. The molecule has 0 amide bonds. The lowest BCUT2D eigenvalue weighted by Gasteiger charge is -2.18. The molecule has 106 valence electrons. The van der Waals surface area contributed by atoms with Gasteiger partial charge in [0.25, 0.3) is 0 Å². The van der Waals surface area contributed by atoms with E-state index in [-0.39, 0.29) is 33.7 Å². The van der Waals surface area contributed by atoms with Crippen molar-refractivity contribution in [1.29, 1.82) is 0 Å². The fraction of sp³-hybridized carbons (Fsp3) is 0.417. The summed E-state index contributed by atoms with van der Waals surface area (Å²) in [7, 11) is 5.58. The molecule has 0 atom stereocenters. The van der Waals surface area contributed by atoms with Crippen molar-refractivity contribution in [2.45, 2.75) is 6.42 Å². The van der Waals surface area contributed by atoms with E-state index < -0.39 is 5.97 Å². The van der Waals surface area contributed by atoms with E-state index in [1.807, 2.05) is 0 Å². The summed E-state index contributed by atoms with van der Waals surface area (Å²) in [5.41, 5.74) is 0.365. The van der Waals surface area contributed by atoms with Gasteiger partial charge in [-0.15, -0.1) is 0 Å². The van der Waals surface area contributed by atoms with E-state index >= 15 is 0 Å². The highest BCUT2D eigenvalue weighted by atomic mass is 35.5. The SMILES string of the molecule is COC(=O)Cc1c(Cl)c(OC)c(OC)c(OC)c1Cl. The summed E-state index contributed by atoms with van der Waals surface area (Å²) in [5, 5.41) is 0.381. The molecule has 0 saturated heterocycles. The molecule has 0 radical (unpaired) electrons. The van der Waals surface area contributed by atoms with E-state index in [1.165, 1.54) is 28.4 Å². The Labute approximate surface area is 121 Å². The molecule has 1 aromatic rings. The molecule has 0 aromatic heterocycles. The third-order valence-electron chi connectivity index (χ3n) is 2.50. The smallest absolute Gasteiger partial charge is 0.310 e. The molecule has 0 aliphatic carbocycles. The molecule has 0 bridgehead atoms. The van der Waals surface area contributed by atoms with Gasteiger partial charge in [-0.25, -0.2) is 0 Å². The number of carbonyl (C=O) groups is 1. The van der Waals surface area contributed by atoms with Crippen molar-refractivity contribution in [3.05, 3.63) is 15.6 Å². The summed E-state index contributed by atoms with van der Waals surface area (Å²) in [6.07, 6.45) is -0.0924. The Hall–Kier alpha value is -1.33. The molecular weight excluding hydrogens is 295 g/mol. The molecule has 7 heteroatoms. The normalized spacial score (nSPS) is 10.0. The molecule has 1 rings (SSSR count). The predicted octanol–water partition coefficient (Wildman–Crippen LogP) is 2.73. The predicted molar refractivity (Wildman–Crippen MR) is 71.8 cm³/mol. The molecule has 1 aromatic carbocycles. The van der Waals surface area contributed by atoms with Crippen molar-refractivity contribution in [3.8, 4) is 17.2 Å². The lowest BCUT2D eigenvalue weighted by molar-refractivity contribution is -0.139. The van der Waals surface area contributed by atoms with E-state index in [2.05, 4.69) is 4.74 Å². The fourth-order valence-corrected chi connectivity index (χ4v) is 2.29. The number of methoxy groups -OCH3 is 4. The van der Waals surface area contributed by atoms with E-state index in [9.17, 15) is 4.79 Å². The summed E-state index contributed by atoms with van der Waals surface area (Å²) in [6, 6.07) is 0. The number of hydrogen-bond acceptors (Lipinski definition) is 5. The molecular formula is C12H14Cl2O5.